The van der Waals surface area contributed by atoms with E-state index in [1.54, 1.807) is 24.3 Å². The summed E-state index contributed by atoms with van der Waals surface area (Å²) in [6.07, 6.45) is 0.211. The fraction of sp³-hybridized carbons (Fsp3) is 0.118. The molecule has 2 aromatic carbocycles. The zero-order valence-corrected chi connectivity index (χ0v) is 11.8. The van der Waals surface area contributed by atoms with Gasteiger partial charge in [-0.3, -0.25) is 4.79 Å². The Kier molecular flexibility index (Phi) is 5.27. The molecule has 22 heavy (non-hydrogen) atoms. The van der Waals surface area contributed by atoms with Crippen LogP contribution in [0.4, 0.5) is 5.69 Å². The van der Waals surface area contributed by atoms with Gasteiger partial charge in [0.15, 0.2) is 6.61 Å². The Morgan fingerprint density at radius 3 is 2.45 bits per heavy atom. The van der Waals surface area contributed by atoms with E-state index in [0.29, 0.717) is 5.69 Å². The molecule has 110 valence electrons. The van der Waals surface area contributed by atoms with Crippen molar-refractivity contribution in [3.63, 3.8) is 0 Å². The number of anilines is 1. The molecule has 2 aromatic rings. The van der Waals surface area contributed by atoms with Crippen LogP contribution in [0.15, 0.2) is 54.6 Å². The monoisotopic (exact) mass is 294 g/mol. The van der Waals surface area contributed by atoms with Gasteiger partial charge in [-0.15, -0.1) is 0 Å². The average Bonchev–Trinajstić information content (AvgIpc) is 2.54. The lowest BCUT2D eigenvalue weighted by atomic mass is 10.1. The third-order valence-corrected chi connectivity index (χ3v) is 2.90. The molecular formula is C17H14N2O3. The first kappa shape index (κ1) is 15.3. The molecule has 0 fully saturated rings. The Morgan fingerprint density at radius 2 is 1.73 bits per heavy atom. The summed E-state index contributed by atoms with van der Waals surface area (Å²) < 4.78 is 4.77. The van der Waals surface area contributed by atoms with E-state index in [2.05, 4.69) is 5.32 Å². The van der Waals surface area contributed by atoms with Crippen LogP contribution in [0.1, 0.15) is 15.9 Å². The van der Waals surface area contributed by atoms with Crippen molar-refractivity contribution in [2.24, 2.45) is 0 Å². The Labute approximate surface area is 128 Å². The highest BCUT2D eigenvalue weighted by Crippen LogP contribution is 2.16. The van der Waals surface area contributed by atoms with E-state index in [0.717, 1.165) is 5.56 Å². The number of para-hydroxylation sites is 1. The molecule has 1 N–H and O–H groups in total. The Hall–Kier alpha value is -3.13. The van der Waals surface area contributed by atoms with Gasteiger partial charge in [0, 0.05) is 0 Å². The number of benzene rings is 2. The van der Waals surface area contributed by atoms with Crippen LogP contribution in [0.3, 0.4) is 0 Å². The second kappa shape index (κ2) is 7.60. The van der Waals surface area contributed by atoms with E-state index in [1.807, 2.05) is 30.3 Å². The molecule has 2 rings (SSSR count). The highest BCUT2D eigenvalue weighted by molar-refractivity contribution is 6.01. The van der Waals surface area contributed by atoms with Crippen LogP contribution in [-0.4, -0.2) is 18.5 Å². The minimum atomic E-state index is -0.642. The van der Waals surface area contributed by atoms with Crippen molar-refractivity contribution in [2.75, 3.05) is 11.9 Å². The second-order valence-corrected chi connectivity index (χ2v) is 4.49. The van der Waals surface area contributed by atoms with Crippen LogP contribution in [0.2, 0.25) is 0 Å². The summed E-state index contributed by atoms with van der Waals surface area (Å²) >= 11 is 0. The zero-order valence-electron chi connectivity index (χ0n) is 11.8. The first-order valence-electron chi connectivity index (χ1n) is 6.67. The van der Waals surface area contributed by atoms with Crippen molar-refractivity contribution in [3.05, 3.63) is 65.7 Å². The minimum Gasteiger partial charge on any atom is -0.447 e. The van der Waals surface area contributed by atoms with Crippen LogP contribution >= 0.6 is 0 Å². The summed E-state index contributed by atoms with van der Waals surface area (Å²) in [4.78, 5) is 23.9. The lowest BCUT2D eigenvalue weighted by Crippen LogP contribution is -2.17. The topological polar surface area (TPSA) is 79.2 Å². The van der Waals surface area contributed by atoms with Crippen molar-refractivity contribution in [1.82, 2.24) is 0 Å². The Morgan fingerprint density at radius 1 is 1.05 bits per heavy atom. The molecule has 0 heterocycles. The number of nitriles is 1. The van der Waals surface area contributed by atoms with Crippen LogP contribution in [0, 0.1) is 11.3 Å². The first-order valence-corrected chi connectivity index (χ1v) is 6.67. The predicted molar refractivity (Wildman–Crippen MR) is 81.1 cm³/mol. The summed E-state index contributed by atoms with van der Waals surface area (Å²) in [5.41, 5.74) is 1.47. The number of carbonyl (C=O) groups is 2. The molecule has 0 spiro atoms. The average molecular weight is 294 g/mol. The summed E-state index contributed by atoms with van der Waals surface area (Å²) in [7, 11) is 0. The van der Waals surface area contributed by atoms with Crippen molar-refractivity contribution in [2.45, 2.75) is 6.42 Å². The number of nitrogens with one attached hydrogen (secondary N) is 1. The van der Waals surface area contributed by atoms with E-state index in [1.165, 1.54) is 6.07 Å². The smallest absolute Gasteiger partial charge is 0.341 e. The predicted octanol–water partition coefficient (Wildman–Crippen LogP) is 2.55. The van der Waals surface area contributed by atoms with Gasteiger partial charge in [-0.25, -0.2) is 4.79 Å². The fourth-order valence-corrected chi connectivity index (χ4v) is 1.92. The second-order valence-electron chi connectivity index (χ2n) is 4.49. The maximum Gasteiger partial charge on any atom is 0.341 e. The van der Waals surface area contributed by atoms with E-state index >= 15 is 0 Å². The van der Waals surface area contributed by atoms with Crippen LogP contribution < -0.4 is 5.32 Å². The highest BCUT2D eigenvalue weighted by atomic mass is 16.5. The van der Waals surface area contributed by atoms with Crippen LogP contribution in [0.5, 0.6) is 0 Å². The van der Waals surface area contributed by atoms with Gasteiger partial charge in [0.2, 0.25) is 5.91 Å². The quantitative estimate of drug-likeness (QED) is 0.859. The number of rotatable bonds is 5. The summed E-state index contributed by atoms with van der Waals surface area (Å²) in [6.45, 7) is -0.328. The minimum absolute atomic E-state index is 0.211. The van der Waals surface area contributed by atoms with Gasteiger partial charge in [-0.1, -0.05) is 42.5 Å². The molecule has 0 aliphatic rings. The summed E-state index contributed by atoms with van der Waals surface area (Å²) in [5, 5.41) is 11.1. The van der Waals surface area contributed by atoms with Crippen molar-refractivity contribution in [3.8, 4) is 6.07 Å². The van der Waals surface area contributed by atoms with Gasteiger partial charge < -0.3 is 10.1 Å². The van der Waals surface area contributed by atoms with Gasteiger partial charge in [0.05, 0.1) is 17.7 Å². The third-order valence-electron chi connectivity index (χ3n) is 2.90. The maximum atomic E-state index is 12.1. The summed E-state index contributed by atoms with van der Waals surface area (Å²) in [6, 6.07) is 17.6. The molecule has 0 aromatic heterocycles. The molecule has 0 saturated carbocycles. The van der Waals surface area contributed by atoms with Crippen molar-refractivity contribution >= 4 is 17.6 Å². The lowest BCUT2D eigenvalue weighted by molar-refractivity contribution is -0.115. The lowest BCUT2D eigenvalue weighted by Gasteiger charge is -2.10. The van der Waals surface area contributed by atoms with Crippen LogP contribution in [0.25, 0.3) is 0 Å². The Bertz CT molecular complexity index is 705. The number of hydrogen-bond donors (Lipinski definition) is 1. The molecule has 0 radical (unpaired) electrons. The standard InChI is InChI=1S/C17H14N2O3/c18-10-11-22-17(21)14-8-4-5-9-15(14)19-16(20)12-13-6-2-1-3-7-13/h1-9H,11-12H2,(H,19,20). The molecule has 1 amide bonds. The van der Waals surface area contributed by atoms with E-state index in [-0.39, 0.29) is 24.5 Å². The zero-order chi connectivity index (χ0) is 15.8. The molecular weight excluding hydrogens is 280 g/mol. The molecule has 5 nitrogen and oxygen atoms in total. The maximum absolute atomic E-state index is 12.1. The highest BCUT2D eigenvalue weighted by Gasteiger charge is 2.14. The number of amides is 1. The SMILES string of the molecule is N#CCOC(=O)c1ccccc1NC(=O)Cc1ccccc1. The van der Waals surface area contributed by atoms with Gasteiger partial charge in [-0.2, -0.15) is 5.26 Å². The number of hydrogen-bond acceptors (Lipinski definition) is 4. The number of nitrogens with zero attached hydrogens (tertiary/aromatic N) is 1. The van der Waals surface area contributed by atoms with Gasteiger partial charge in [0.25, 0.3) is 0 Å². The van der Waals surface area contributed by atoms with E-state index in [9.17, 15) is 9.59 Å². The van der Waals surface area contributed by atoms with Crippen molar-refractivity contribution in [1.29, 1.82) is 5.26 Å². The molecule has 0 unspecified atom stereocenters. The molecule has 5 heteroatoms. The number of esters is 1. The number of ether oxygens (including phenoxy) is 1. The first-order chi connectivity index (χ1) is 10.7. The van der Waals surface area contributed by atoms with Gasteiger partial charge >= 0.3 is 5.97 Å². The third kappa shape index (κ3) is 4.18. The largest absolute Gasteiger partial charge is 0.447 e. The summed E-state index contributed by atoms with van der Waals surface area (Å²) in [5.74, 6) is -0.871. The molecule has 0 aliphatic heterocycles. The molecule has 0 atom stereocenters. The van der Waals surface area contributed by atoms with E-state index in [4.69, 9.17) is 10.00 Å². The number of carbonyl (C=O) groups excluding carboxylic acids is 2. The Balaban J connectivity index is 2.08. The van der Waals surface area contributed by atoms with Crippen LogP contribution in [-0.2, 0) is 16.0 Å². The normalized spacial score (nSPS) is 9.59. The fourth-order valence-electron chi connectivity index (χ4n) is 1.92. The molecule has 0 aliphatic carbocycles. The molecule has 0 bridgehead atoms. The van der Waals surface area contributed by atoms with Gasteiger partial charge in [0.1, 0.15) is 6.07 Å². The molecule has 0 saturated heterocycles. The van der Waals surface area contributed by atoms with Crippen molar-refractivity contribution < 1.29 is 14.3 Å². The van der Waals surface area contributed by atoms with Gasteiger partial charge in [-0.05, 0) is 17.7 Å². The van der Waals surface area contributed by atoms with E-state index < -0.39 is 5.97 Å².